The number of piperidine rings is 2. The molecule has 9 nitrogen and oxygen atoms in total. The van der Waals surface area contributed by atoms with E-state index in [-0.39, 0.29) is 36.6 Å². The number of carbonyl (C=O) groups excluding carboxylic acids is 2. The molecule has 0 saturated carbocycles. The number of rotatable bonds is 5. The van der Waals surface area contributed by atoms with Crippen LogP contribution in [0.2, 0.25) is 0 Å². The van der Waals surface area contributed by atoms with Crippen LogP contribution in [0.5, 0.6) is 11.5 Å². The molecular weight excluding hydrogens is 460 g/mol. The largest absolute Gasteiger partial charge is 0.493 e. The summed E-state index contributed by atoms with van der Waals surface area (Å²) < 4.78 is 16.7. The van der Waals surface area contributed by atoms with Crippen LogP contribution in [0.4, 0.5) is 4.79 Å². The molecule has 36 heavy (non-hydrogen) atoms. The van der Waals surface area contributed by atoms with Gasteiger partial charge in [0.2, 0.25) is 5.91 Å². The number of amides is 3. The molecule has 0 radical (unpaired) electrons. The maximum absolute atomic E-state index is 13.3. The second-order valence-electron chi connectivity index (χ2n) is 9.74. The van der Waals surface area contributed by atoms with E-state index in [1.807, 2.05) is 28.3 Å². The number of benzene rings is 1. The molecule has 1 aromatic carbocycles. The summed E-state index contributed by atoms with van der Waals surface area (Å²) in [7, 11) is 3.29. The fourth-order valence-corrected chi connectivity index (χ4v) is 5.85. The topological polar surface area (TPSA) is 93.2 Å². The predicted molar refractivity (Wildman–Crippen MR) is 133 cm³/mol. The van der Waals surface area contributed by atoms with E-state index in [9.17, 15) is 9.59 Å². The third-order valence-electron chi connectivity index (χ3n) is 7.71. The standard InChI is InChI=1S/C27H34N4O5/c1-34-23-4-3-20(15-24(23)35-2)26(18-5-10-28-11-6-18)19-7-12-30(13-8-19)27(33)31-14-9-22-21(16-31)29-25(32)17-36-22/h3-6,10-11,15,19,21-22,26H,7-9,12-14,16-17H2,1-2H3,(H,29,32)/t21-,22+,26-/m1/s1. The van der Waals surface area contributed by atoms with Crippen LogP contribution in [0.3, 0.4) is 0 Å². The molecule has 4 heterocycles. The summed E-state index contributed by atoms with van der Waals surface area (Å²) in [4.78, 5) is 33.1. The molecule has 3 atom stereocenters. The van der Waals surface area contributed by atoms with E-state index in [1.165, 1.54) is 11.1 Å². The Labute approximate surface area is 211 Å². The third-order valence-corrected chi connectivity index (χ3v) is 7.71. The Kier molecular flexibility index (Phi) is 7.27. The minimum atomic E-state index is -0.123. The number of ether oxygens (including phenoxy) is 3. The van der Waals surface area contributed by atoms with Gasteiger partial charge in [0.1, 0.15) is 6.61 Å². The number of fused-ring (bicyclic) bond motifs is 1. The lowest BCUT2D eigenvalue weighted by molar-refractivity contribution is -0.139. The third kappa shape index (κ3) is 4.97. The highest BCUT2D eigenvalue weighted by Crippen LogP contribution is 2.41. The van der Waals surface area contributed by atoms with Crippen LogP contribution in [0.15, 0.2) is 42.7 Å². The molecule has 3 aliphatic heterocycles. The average molecular weight is 495 g/mol. The van der Waals surface area contributed by atoms with Crippen molar-refractivity contribution in [3.63, 3.8) is 0 Å². The quantitative estimate of drug-likeness (QED) is 0.687. The van der Waals surface area contributed by atoms with Crippen LogP contribution in [0.25, 0.3) is 0 Å². The molecule has 5 rings (SSSR count). The Hall–Kier alpha value is -3.33. The molecule has 192 valence electrons. The van der Waals surface area contributed by atoms with E-state index >= 15 is 0 Å². The van der Waals surface area contributed by atoms with Gasteiger partial charge in [0, 0.05) is 44.5 Å². The van der Waals surface area contributed by atoms with Gasteiger partial charge < -0.3 is 29.3 Å². The first-order valence-electron chi connectivity index (χ1n) is 12.6. The van der Waals surface area contributed by atoms with E-state index in [0.29, 0.717) is 43.6 Å². The van der Waals surface area contributed by atoms with Gasteiger partial charge in [0.05, 0.1) is 26.4 Å². The summed E-state index contributed by atoms with van der Waals surface area (Å²) in [6, 6.07) is 10.2. The van der Waals surface area contributed by atoms with Crippen LogP contribution < -0.4 is 14.8 Å². The van der Waals surface area contributed by atoms with Crippen LogP contribution in [0.1, 0.15) is 36.3 Å². The predicted octanol–water partition coefficient (Wildman–Crippen LogP) is 2.65. The zero-order valence-corrected chi connectivity index (χ0v) is 20.9. The molecule has 3 aliphatic rings. The van der Waals surface area contributed by atoms with E-state index < -0.39 is 0 Å². The summed E-state index contributed by atoms with van der Waals surface area (Å²) in [5.74, 6) is 1.84. The Balaban J connectivity index is 1.28. The normalized spacial score (nSPS) is 23.4. The Morgan fingerprint density at radius 1 is 1.00 bits per heavy atom. The smallest absolute Gasteiger partial charge is 0.320 e. The maximum Gasteiger partial charge on any atom is 0.320 e. The number of nitrogens with one attached hydrogen (secondary N) is 1. The monoisotopic (exact) mass is 494 g/mol. The number of likely N-dealkylation sites (tertiary alicyclic amines) is 2. The van der Waals surface area contributed by atoms with Crippen LogP contribution >= 0.6 is 0 Å². The minimum absolute atomic E-state index is 0.0000877. The number of carbonyl (C=O) groups is 2. The van der Waals surface area contributed by atoms with Crippen molar-refractivity contribution in [2.24, 2.45) is 5.92 Å². The molecule has 0 unspecified atom stereocenters. The number of aromatic nitrogens is 1. The van der Waals surface area contributed by atoms with Gasteiger partial charge in [-0.1, -0.05) is 6.07 Å². The summed E-state index contributed by atoms with van der Waals surface area (Å²) in [6.07, 6.45) is 6.20. The molecule has 9 heteroatoms. The molecule has 0 spiro atoms. The Morgan fingerprint density at radius 3 is 2.44 bits per heavy atom. The van der Waals surface area contributed by atoms with Crippen LogP contribution in [-0.4, -0.2) is 85.9 Å². The number of nitrogens with zero attached hydrogens (tertiary/aromatic N) is 3. The Bertz CT molecular complexity index is 1070. The zero-order valence-electron chi connectivity index (χ0n) is 20.9. The van der Waals surface area contributed by atoms with Crippen molar-refractivity contribution < 1.29 is 23.8 Å². The number of methoxy groups -OCH3 is 2. The fourth-order valence-electron chi connectivity index (χ4n) is 5.85. The molecular formula is C27H34N4O5. The van der Waals surface area contributed by atoms with Gasteiger partial charge in [-0.15, -0.1) is 0 Å². The van der Waals surface area contributed by atoms with Crippen LogP contribution in [-0.2, 0) is 9.53 Å². The van der Waals surface area contributed by atoms with Crippen LogP contribution in [0, 0.1) is 5.92 Å². The highest BCUT2D eigenvalue weighted by atomic mass is 16.5. The Morgan fingerprint density at radius 2 is 1.72 bits per heavy atom. The van der Waals surface area contributed by atoms with Gasteiger partial charge >= 0.3 is 6.03 Å². The molecule has 3 saturated heterocycles. The number of morpholine rings is 1. The van der Waals surface area contributed by atoms with Crippen molar-refractivity contribution in [3.8, 4) is 11.5 Å². The number of hydrogen-bond acceptors (Lipinski definition) is 6. The van der Waals surface area contributed by atoms with Gasteiger partial charge in [0.25, 0.3) is 0 Å². The molecule has 2 aromatic rings. The van der Waals surface area contributed by atoms with Crippen molar-refractivity contribution in [3.05, 3.63) is 53.9 Å². The first-order chi connectivity index (χ1) is 17.6. The lowest BCUT2D eigenvalue weighted by Crippen LogP contribution is -2.62. The number of hydrogen-bond donors (Lipinski definition) is 1. The van der Waals surface area contributed by atoms with E-state index in [4.69, 9.17) is 14.2 Å². The molecule has 0 bridgehead atoms. The highest BCUT2D eigenvalue weighted by molar-refractivity contribution is 5.79. The second-order valence-corrected chi connectivity index (χ2v) is 9.74. The van der Waals surface area contributed by atoms with E-state index in [0.717, 1.165) is 19.3 Å². The van der Waals surface area contributed by atoms with Gasteiger partial charge in [-0.05, 0) is 60.6 Å². The minimum Gasteiger partial charge on any atom is -0.493 e. The van der Waals surface area contributed by atoms with Crippen molar-refractivity contribution in [2.45, 2.75) is 37.3 Å². The zero-order chi connectivity index (χ0) is 25.1. The lowest BCUT2D eigenvalue weighted by Gasteiger charge is -2.44. The van der Waals surface area contributed by atoms with Gasteiger partial charge in [0.15, 0.2) is 11.5 Å². The lowest BCUT2D eigenvalue weighted by atomic mass is 9.76. The number of urea groups is 1. The summed E-state index contributed by atoms with van der Waals surface area (Å²) >= 11 is 0. The average Bonchev–Trinajstić information content (AvgIpc) is 2.93. The van der Waals surface area contributed by atoms with Crippen molar-refractivity contribution in [1.29, 1.82) is 0 Å². The molecule has 3 fully saturated rings. The molecule has 3 amide bonds. The first kappa shape index (κ1) is 24.4. The highest BCUT2D eigenvalue weighted by Gasteiger charge is 2.38. The SMILES string of the molecule is COc1ccc([C@H](c2ccncc2)C2CCN(C(=O)N3CC[C@@H]4OCC(=O)N[C@@H]4C3)CC2)cc1OC. The summed E-state index contributed by atoms with van der Waals surface area (Å²) in [5.41, 5.74) is 2.37. The molecule has 1 aromatic heterocycles. The van der Waals surface area contributed by atoms with E-state index in [2.05, 4.69) is 34.6 Å². The van der Waals surface area contributed by atoms with Crippen molar-refractivity contribution in [1.82, 2.24) is 20.1 Å². The van der Waals surface area contributed by atoms with Crippen molar-refractivity contribution in [2.75, 3.05) is 47.0 Å². The summed E-state index contributed by atoms with van der Waals surface area (Å²) in [5, 5.41) is 2.98. The molecule has 0 aliphatic carbocycles. The second kappa shape index (κ2) is 10.7. The fraction of sp³-hybridized carbons (Fsp3) is 0.519. The number of pyridine rings is 1. The van der Waals surface area contributed by atoms with E-state index in [1.54, 1.807) is 14.2 Å². The summed E-state index contributed by atoms with van der Waals surface area (Å²) in [6.45, 7) is 2.67. The first-order valence-corrected chi connectivity index (χ1v) is 12.6. The molecule has 1 N–H and O–H groups in total. The van der Waals surface area contributed by atoms with Crippen molar-refractivity contribution >= 4 is 11.9 Å². The maximum atomic E-state index is 13.3. The van der Waals surface area contributed by atoms with Gasteiger partial charge in [-0.25, -0.2) is 4.79 Å². The van der Waals surface area contributed by atoms with Gasteiger partial charge in [-0.2, -0.15) is 0 Å². The van der Waals surface area contributed by atoms with Gasteiger partial charge in [-0.3, -0.25) is 9.78 Å².